The molecule has 2 aromatic rings. The summed E-state index contributed by atoms with van der Waals surface area (Å²) < 4.78 is 0. The smallest absolute Gasteiger partial charge is 0.211 e. The SMILES string of the molecule is N#CC(C#N)=C1c2ccccc2CC[C@H]1[C@@H](C[N+](=O)[O-])c1ccccc1. The zero-order valence-electron chi connectivity index (χ0n) is 14.1. The third-order valence-corrected chi connectivity index (χ3v) is 4.96. The van der Waals surface area contributed by atoms with E-state index >= 15 is 0 Å². The van der Waals surface area contributed by atoms with Crippen LogP contribution in [0.4, 0.5) is 0 Å². The fraction of sp³-hybridized carbons (Fsp3) is 0.238. The Labute approximate surface area is 152 Å². The van der Waals surface area contributed by atoms with Gasteiger partial charge in [-0.05, 0) is 41.0 Å². The van der Waals surface area contributed by atoms with Gasteiger partial charge in [-0.1, -0.05) is 54.6 Å². The van der Waals surface area contributed by atoms with Crippen molar-refractivity contribution in [2.75, 3.05) is 6.54 Å². The van der Waals surface area contributed by atoms with E-state index in [0.29, 0.717) is 12.0 Å². The number of nitrogens with zero attached hydrogens (tertiary/aromatic N) is 3. The number of fused-ring (bicyclic) bond motifs is 1. The Bertz CT molecular complexity index is 920. The monoisotopic (exact) mass is 343 g/mol. The molecule has 2 aromatic carbocycles. The number of benzene rings is 2. The van der Waals surface area contributed by atoms with Gasteiger partial charge in [-0.2, -0.15) is 10.5 Å². The van der Waals surface area contributed by atoms with Gasteiger partial charge in [-0.3, -0.25) is 10.1 Å². The van der Waals surface area contributed by atoms with Crippen molar-refractivity contribution in [2.24, 2.45) is 5.92 Å². The Balaban J connectivity index is 2.18. The van der Waals surface area contributed by atoms with Crippen molar-refractivity contribution in [3.8, 4) is 12.1 Å². The van der Waals surface area contributed by atoms with Gasteiger partial charge in [-0.25, -0.2) is 0 Å². The third-order valence-electron chi connectivity index (χ3n) is 4.96. The molecule has 2 atom stereocenters. The van der Waals surface area contributed by atoms with Crippen LogP contribution in [-0.4, -0.2) is 11.5 Å². The van der Waals surface area contributed by atoms with Crippen LogP contribution >= 0.6 is 0 Å². The lowest BCUT2D eigenvalue weighted by molar-refractivity contribution is -0.484. The van der Waals surface area contributed by atoms with Crippen molar-refractivity contribution < 1.29 is 4.92 Å². The normalized spacial score (nSPS) is 16.7. The fourth-order valence-corrected chi connectivity index (χ4v) is 3.85. The van der Waals surface area contributed by atoms with Crippen LogP contribution in [0.25, 0.3) is 5.57 Å². The summed E-state index contributed by atoms with van der Waals surface area (Å²) in [6.45, 7) is -0.232. The number of nitriles is 2. The zero-order chi connectivity index (χ0) is 18.5. The summed E-state index contributed by atoms with van der Waals surface area (Å²) in [6, 6.07) is 21.0. The van der Waals surface area contributed by atoms with Crippen LogP contribution in [0.5, 0.6) is 0 Å². The van der Waals surface area contributed by atoms with Crippen molar-refractivity contribution in [3.63, 3.8) is 0 Å². The molecule has 0 aromatic heterocycles. The molecule has 0 spiro atoms. The Morgan fingerprint density at radius 2 is 1.77 bits per heavy atom. The summed E-state index contributed by atoms with van der Waals surface area (Å²) in [5, 5.41) is 30.3. The van der Waals surface area contributed by atoms with Crippen LogP contribution in [0.3, 0.4) is 0 Å². The molecule has 5 heteroatoms. The molecule has 5 nitrogen and oxygen atoms in total. The Morgan fingerprint density at radius 3 is 2.42 bits per heavy atom. The van der Waals surface area contributed by atoms with Gasteiger partial charge in [0.1, 0.15) is 17.7 Å². The average Bonchev–Trinajstić information content (AvgIpc) is 2.68. The first-order valence-corrected chi connectivity index (χ1v) is 8.45. The second-order valence-corrected chi connectivity index (χ2v) is 6.35. The molecule has 0 amide bonds. The number of hydrogen-bond acceptors (Lipinski definition) is 4. The van der Waals surface area contributed by atoms with E-state index in [1.54, 1.807) is 0 Å². The van der Waals surface area contributed by atoms with E-state index in [1.165, 1.54) is 0 Å². The molecule has 0 N–H and O–H groups in total. The molecule has 0 radical (unpaired) electrons. The predicted octanol–water partition coefficient (Wildman–Crippen LogP) is 4.11. The van der Waals surface area contributed by atoms with Gasteiger partial charge in [0.2, 0.25) is 6.54 Å². The Kier molecular flexibility index (Phi) is 5.10. The van der Waals surface area contributed by atoms with E-state index < -0.39 is 0 Å². The first-order chi connectivity index (χ1) is 12.7. The van der Waals surface area contributed by atoms with Gasteiger partial charge in [0.25, 0.3) is 0 Å². The average molecular weight is 343 g/mol. The molecule has 26 heavy (non-hydrogen) atoms. The van der Waals surface area contributed by atoms with Crippen molar-refractivity contribution in [2.45, 2.75) is 18.8 Å². The molecule has 0 heterocycles. The molecule has 1 aliphatic carbocycles. The molecule has 0 saturated carbocycles. The Hall–Kier alpha value is -3.44. The minimum atomic E-state index is -0.383. The number of allylic oxidation sites excluding steroid dienone is 2. The quantitative estimate of drug-likeness (QED) is 0.474. The van der Waals surface area contributed by atoms with E-state index in [0.717, 1.165) is 23.1 Å². The lowest BCUT2D eigenvalue weighted by Crippen LogP contribution is -2.26. The summed E-state index contributed by atoms with van der Waals surface area (Å²) in [6.07, 6.45) is 1.45. The van der Waals surface area contributed by atoms with Gasteiger partial charge in [-0.15, -0.1) is 0 Å². The van der Waals surface area contributed by atoms with Gasteiger partial charge in [0.15, 0.2) is 0 Å². The van der Waals surface area contributed by atoms with Gasteiger partial charge in [0.05, 0.1) is 5.92 Å². The number of aryl methyl sites for hydroxylation is 1. The van der Waals surface area contributed by atoms with Crippen molar-refractivity contribution in [1.82, 2.24) is 0 Å². The standard InChI is InChI=1S/C21H17N3O2/c22-12-17(13-23)21-18-9-5-4-8-16(18)10-11-19(21)20(14-24(25)26)15-6-2-1-3-7-15/h1-9,19-20H,10-11,14H2/t19-,20-/m0/s1. The molecule has 0 fully saturated rings. The van der Waals surface area contributed by atoms with E-state index in [-0.39, 0.29) is 28.9 Å². The zero-order valence-corrected chi connectivity index (χ0v) is 14.1. The molecular weight excluding hydrogens is 326 g/mol. The molecule has 0 aliphatic heterocycles. The third kappa shape index (κ3) is 3.34. The lowest BCUT2D eigenvalue weighted by atomic mass is 9.70. The number of nitro groups is 1. The minimum Gasteiger partial charge on any atom is -0.265 e. The first kappa shape index (κ1) is 17.4. The van der Waals surface area contributed by atoms with Crippen molar-refractivity contribution >= 4 is 5.57 Å². The highest BCUT2D eigenvalue weighted by atomic mass is 16.6. The van der Waals surface area contributed by atoms with E-state index in [1.807, 2.05) is 66.7 Å². The second kappa shape index (κ2) is 7.63. The summed E-state index contributed by atoms with van der Waals surface area (Å²) >= 11 is 0. The summed E-state index contributed by atoms with van der Waals surface area (Å²) in [7, 11) is 0. The largest absolute Gasteiger partial charge is 0.265 e. The summed E-state index contributed by atoms with van der Waals surface area (Å²) in [4.78, 5) is 11.0. The van der Waals surface area contributed by atoms with Crippen LogP contribution < -0.4 is 0 Å². The highest BCUT2D eigenvalue weighted by Crippen LogP contribution is 2.44. The molecule has 3 rings (SSSR count). The molecule has 128 valence electrons. The number of rotatable bonds is 4. The summed E-state index contributed by atoms with van der Waals surface area (Å²) in [5.74, 6) is -0.627. The molecule has 1 aliphatic rings. The molecule has 0 saturated heterocycles. The lowest BCUT2D eigenvalue weighted by Gasteiger charge is -2.32. The maximum absolute atomic E-state index is 11.3. The first-order valence-electron chi connectivity index (χ1n) is 8.45. The second-order valence-electron chi connectivity index (χ2n) is 6.35. The minimum absolute atomic E-state index is 0.0476. The highest BCUT2D eigenvalue weighted by molar-refractivity contribution is 5.80. The predicted molar refractivity (Wildman–Crippen MR) is 97.4 cm³/mol. The Morgan fingerprint density at radius 1 is 1.12 bits per heavy atom. The van der Waals surface area contributed by atoms with Crippen LogP contribution in [0.1, 0.15) is 29.0 Å². The van der Waals surface area contributed by atoms with E-state index in [2.05, 4.69) is 0 Å². The number of hydrogen-bond donors (Lipinski definition) is 0. The highest BCUT2D eigenvalue weighted by Gasteiger charge is 2.36. The maximum atomic E-state index is 11.3. The van der Waals surface area contributed by atoms with Crippen LogP contribution in [0.2, 0.25) is 0 Å². The van der Waals surface area contributed by atoms with Crippen LogP contribution in [-0.2, 0) is 6.42 Å². The maximum Gasteiger partial charge on any atom is 0.211 e. The molecule has 0 unspecified atom stereocenters. The fourth-order valence-electron chi connectivity index (χ4n) is 3.85. The molecular formula is C21H17N3O2. The van der Waals surface area contributed by atoms with Gasteiger partial charge in [0, 0.05) is 4.92 Å². The summed E-state index contributed by atoms with van der Waals surface area (Å²) in [5.41, 5.74) is 3.50. The van der Waals surface area contributed by atoms with Gasteiger partial charge >= 0.3 is 0 Å². The topological polar surface area (TPSA) is 90.7 Å². The molecule has 0 bridgehead atoms. The van der Waals surface area contributed by atoms with E-state index in [4.69, 9.17) is 0 Å². The van der Waals surface area contributed by atoms with Crippen molar-refractivity contribution in [3.05, 3.63) is 87.0 Å². The van der Waals surface area contributed by atoms with E-state index in [9.17, 15) is 20.6 Å². The van der Waals surface area contributed by atoms with Gasteiger partial charge < -0.3 is 0 Å². The van der Waals surface area contributed by atoms with Crippen LogP contribution in [0, 0.1) is 38.7 Å². The van der Waals surface area contributed by atoms with Crippen molar-refractivity contribution in [1.29, 1.82) is 10.5 Å². The van der Waals surface area contributed by atoms with Crippen LogP contribution in [0.15, 0.2) is 60.2 Å².